The van der Waals surface area contributed by atoms with Crippen LogP contribution in [0.1, 0.15) is 0 Å². The lowest BCUT2D eigenvalue weighted by Gasteiger charge is -2.07. The molecule has 0 aliphatic carbocycles. The number of ether oxygens (including phenoxy) is 3. The maximum absolute atomic E-state index is 11.5. The molecule has 0 amide bonds. The number of aromatic nitrogens is 2. The van der Waals surface area contributed by atoms with Crippen LogP contribution in [-0.2, 0) is 11.8 Å². The zero-order valence-electron chi connectivity index (χ0n) is 15.5. The number of hydrogen-bond acceptors (Lipinski definition) is 5. The van der Waals surface area contributed by atoms with Gasteiger partial charge in [-0.05, 0) is 35.9 Å². The molecule has 0 aliphatic rings. The first-order valence-electron chi connectivity index (χ1n) is 8.70. The highest BCUT2D eigenvalue weighted by Gasteiger charge is 2.17. The Morgan fingerprint density at radius 2 is 1.61 bits per heavy atom. The van der Waals surface area contributed by atoms with Crippen molar-refractivity contribution in [3.8, 4) is 28.5 Å². The number of methoxy groups -OCH3 is 1. The Balaban J connectivity index is 1.67. The van der Waals surface area contributed by atoms with Crippen molar-refractivity contribution in [1.29, 1.82) is 0 Å². The molecule has 140 valence electrons. The highest BCUT2D eigenvalue weighted by Crippen LogP contribution is 2.34. The number of fused-ring (bicyclic) bond motifs is 1. The van der Waals surface area contributed by atoms with Crippen molar-refractivity contribution in [3.63, 3.8) is 0 Å². The highest BCUT2D eigenvalue weighted by molar-refractivity contribution is 5.97. The van der Waals surface area contributed by atoms with Gasteiger partial charge < -0.3 is 14.2 Å². The molecule has 1 aromatic heterocycles. The Morgan fingerprint density at radius 1 is 0.893 bits per heavy atom. The molecule has 6 heteroatoms. The van der Waals surface area contributed by atoms with Crippen molar-refractivity contribution in [3.05, 3.63) is 72.8 Å². The molecule has 3 aromatic carbocycles. The van der Waals surface area contributed by atoms with Crippen LogP contribution < -0.4 is 9.47 Å². The van der Waals surface area contributed by atoms with Gasteiger partial charge in [-0.2, -0.15) is 5.10 Å². The quantitative estimate of drug-likeness (QED) is 0.461. The fraction of sp³-hybridized carbons (Fsp3) is 0.0909. The van der Waals surface area contributed by atoms with Gasteiger partial charge in [0.1, 0.15) is 17.0 Å². The number of rotatable bonds is 4. The van der Waals surface area contributed by atoms with E-state index in [9.17, 15) is 4.79 Å². The third-order valence-corrected chi connectivity index (χ3v) is 4.30. The van der Waals surface area contributed by atoms with Gasteiger partial charge in [0.15, 0.2) is 0 Å². The Labute approximate surface area is 161 Å². The van der Waals surface area contributed by atoms with Crippen LogP contribution in [0.4, 0.5) is 4.79 Å². The van der Waals surface area contributed by atoms with E-state index in [2.05, 4.69) is 9.84 Å². The van der Waals surface area contributed by atoms with Crippen molar-refractivity contribution in [2.24, 2.45) is 7.05 Å². The van der Waals surface area contributed by atoms with E-state index in [1.807, 2.05) is 72.8 Å². The van der Waals surface area contributed by atoms with Crippen molar-refractivity contribution >= 4 is 17.1 Å². The molecule has 0 N–H and O–H groups in total. The second-order valence-corrected chi connectivity index (χ2v) is 6.13. The minimum atomic E-state index is -0.780. The smallest absolute Gasteiger partial charge is 0.457 e. The zero-order chi connectivity index (χ0) is 19.5. The number of para-hydroxylation sites is 1. The predicted molar refractivity (Wildman–Crippen MR) is 106 cm³/mol. The fourth-order valence-electron chi connectivity index (χ4n) is 3.00. The van der Waals surface area contributed by atoms with Crippen molar-refractivity contribution in [2.75, 3.05) is 7.11 Å². The topological polar surface area (TPSA) is 62.6 Å². The van der Waals surface area contributed by atoms with Gasteiger partial charge in [0, 0.05) is 12.6 Å². The van der Waals surface area contributed by atoms with Crippen molar-refractivity contribution < 1.29 is 19.0 Å². The van der Waals surface area contributed by atoms with E-state index in [0.29, 0.717) is 5.88 Å². The zero-order valence-corrected chi connectivity index (χ0v) is 15.5. The molecule has 0 fully saturated rings. The van der Waals surface area contributed by atoms with Gasteiger partial charge in [-0.3, -0.25) is 0 Å². The van der Waals surface area contributed by atoms with Gasteiger partial charge in [0.05, 0.1) is 12.5 Å². The van der Waals surface area contributed by atoms with E-state index >= 15 is 0 Å². The first kappa shape index (κ1) is 17.6. The van der Waals surface area contributed by atoms with Gasteiger partial charge in [-0.25, -0.2) is 9.48 Å². The van der Waals surface area contributed by atoms with E-state index in [1.54, 1.807) is 7.05 Å². The summed E-state index contributed by atoms with van der Waals surface area (Å²) in [4.78, 5) is 11.5. The summed E-state index contributed by atoms with van der Waals surface area (Å²) in [5, 5.41) is 5.25. The Kier molecular flexibility index (Phi) is 4.68. The Bertz CT molecular complexity index is 1120. The van der Waals surface area contributed by atoms with E-state index in [4.69, 9.17) is 9.47 Å². The molecule has 1 heterocycles. The lowest BCUT2D eigenvalue weighted by Crippen LogP contribution is -2.10. The van der Waals surface area contributed by atoms with E-state index in [-0.39, 0.29) is 0 Å². The molecule has 0 aliphatic heterocycles. The molecule has 0 radical (unpaired) electrons. The summed E-state index contributed by atoms with van der Waals surface area (Å²) in [6.45, 7) is 0. The van der Waals surface area contributed by atoms with Crippen LogP contribution in [-0.4, -0.2) is 23.0 Å². The average Bonchev–Trinajstić information content (AvgIpc) is 3.04. The molecule has 0 saturated carbocycles. The minimum absolute atomic E-state index is 0.340. The van der Waals surface area contributed by atoms with Crippen LogP contribution in [0.25, 0.3) is 22.0 Å². The monoisotopic (exact) mass is 374 g/mol. The van der Waals surface area contributed by atoms with Gasteiger partial charge in [0.2, 0.25) is 5.88 Å². The first-order chi connectivity index (χ1) is 13.7. The molecule has 0 saturated heterocycles. The second-order valence-electron chi connectivity index (χ2n) is 6.13. The van der Waals surface area contributed by atoms with Crippen LogP contribution in [0, 0.1) is 0 Å². The van der Waals surface area contributed by atoms with Gasteiger partial charge in [0.25, 0.3) is 0 Å². The fourth-order valence-corrected chi connectivity index (χ4v) is 3.00. The third-order valence-electron chi connectivity index (χ3n) is 4.30. The average molecular weight is 374 g/mol. The lowest BCUT2D eigenvalue weighted by molar-refractivity contribution is 0.118. The normalized spacial score (nSPS) is 10.6. The second kappa shape index (κ2) is 7.44. The summed E-state index contributed by atoms with van der Waals surface area (Å²) in [6, 6.07) is 23.1. The summed E-state index contributed by atoms with van der Waals surface area (Å²) in [7, 11) is 2.99. The highest BCUT2D eigenvalue weighted by atomic mass is 16.7. The molecular formula is C22H18N2O4. The number of nitrogens with zero attached hydrogens (tertiary/aromatic N) is 2. The molecule has 0 atom stereocenters. The van der Waals surface area contributed by atoms with Crippen LogP contribution in [0.2, 0.25) is 0 Å². The minimum Gasteiger partial charge on any atom is -0.457 e. The van der Waals surface area contributed by atoms with Crippen LogP contribution >= 0.6 is 0 Å². The standard InChI is InChI=1S/C22H18N2O4/c1-24-21(28-22(25)26-2)19-10-6-9-18(20(19)23-24)15-11-13-17(14-12-15)27-16-7-4-3-5-8-16/h3-14H,1-2H3. The Hall–Kier alpha value is -3.80. The predicted octanol–water partition coefficient (Wildman–Crippen LogP) is 5.18. The maximum Gasteiger partial charge on any atom is 0.514 e. The number of aryl methyl sites for hydroxylation is 1. The lowest BCUT2D eigenvalue weighted by atomic mass is 10.0. The first-order valence-corrected chi connectivity index (χ1v) is 8.70. The van der Waals surface area contributed by atoms with Crippen molar-refractivity contribution in [1.82, 2.24) is 9.78 Å². The number of benzene rings is 3. The van der Waals surface area contributed by atoms with Gasteiger partial charge >= 0.3 is 6.16 Å². The summed E-state index contributed by atoms with van der Waals surface area (Å²) < 4.78 is 17.2. The summed E-state index contributed by atoms with van der Waals surface area (Å²) in [5.41, 5.74) is 2.65. The van der Waals surface area contributed by atoms with Gasteiger partial charge in [-0.15, -0.1) is 0 Å². The molecule has 28 heavy (non-hydrogen) atoms. The van der Waals surface area contributed by atoms with Crippen molar-refractivity contribution in [2.45, 2.75) is 0 Å². The van der Waals surface area contributed by atoms with E-state index in [0.717, 1.165) is 33.5 Å². The Morgan fingerprint density at radius 3 is 2.32 bits per heavy atom. The van der Waals surface area contributed by atoms with E-state index in [1.165, 1.54) is 11.8 Å². The third kappa shape index (κ3) is 3.40. The van der Waals surface area contributed by atoms with Crippen LogP contribution in [0.3, 0.4) is 0 Å². The molecular weight excluding hydrogens is 356 g/mol. The number of hydrogen-bond donors (Lipinski definition) is 0. The summed E-state index contributed by atoms with van der Waals surface area (Å²) >= 11 is 0. The molecule has 0 bridgehead atoms. The largest absolute Gasteiger partial charge is 0.514 e. The molecule has 0 unspecified atom stereocenters. The SMILES string of the molecule is COC(=O)Oc1c2cccc(-c3ccc(Oc4ccccc4)cc3)c2nn1C. The van der Waals surface area contributed by atoms with Crippen LogP contribution in [0.15, 0.2) is 72.8 Å². The number of carbonyl (C=O) groups excluding carboxylic acids is 1. The molecule has 4 aromatic rings. The molecule has 0 spiro atoms. The van der Waals surface area contributed by atoms with Crippen LogP contribution in [0.5, 0.6) is 17.4 Å². The molecule has 6 nitrogen and oxygen atoms in total. The summed E-state index contributed by atoms with van der Waals surface area (Å²) in [6.07, 6.45) is -0.780. The molecule has 4 rings (SSSR count). The summed E-state index contributed by atoms with van der Waals surface area (Å²) in [5.74, 6) is 1.87. The van der Waals surface area contributed by atoms with Gasteiger partial charge in [-0.1, -0.05) is 42.5 Å². The maximum atomic E-state index is 11.5. The number of carbonyl (C=O) groups is 1. The van der Waals surface area contributed by atoms with E-state index < -0.39 is 6.16 Å².